The summed E-state index contributed by atoms with van der Waals surface area (Å²) in [5.74, 6) is -0.379. The lowest BCUT2D eigenvalue weighted by molar-refractivity contribution is -0.114. The van der Waals surface area contributed by atoms with Gasteiger partial charge in [0.1, 0.15) is 4.91 Å². The number of ketones is 1. The van der Waals surface area contributed by atoms with Gasteiger partial charge in [0.2, 0.25) is 9.84 Å². The summed E-state index contributed by atoms with van der Waals surface area (Å²) >= 11 is 0. The van der Waals surface area contributed by atoms with Crippen LogP contribution in [0.15, 0.2) is 70.7 Å². The van der Waals surface area contributed by atoms with E-state index >= 15 is 0 Å². The Morgan fingerprint density at radius 3 is 1.93 bits per heavy atom. The number of hydrogen-bond donors (Lipinski definition) is 0. The van der Waals surface area contributed by atoms with Gasteiger partial charge in [-0.05, 0) is 37.1 Å². The van der Waals surface area contributed by atoms with Gasteiger partial charge in [0.25, 0.3) is 0 Å². The van der Waals surface area contributed by atoms with E-state index in [1.807, 2.05) is 47.6 Å². The number of hydrogen-bond acceptors (Lipinski definition) is 4. The van der Waals surface area contributed by atoms with Crippen LogP contribution in [0.3, 0.4) is 0 Å². The summed E-state index contributed by atoms with van der Waals surface area (Å²) in [6, 6.07) is 11.7. The first-order valence-electron chi connectivity index (χ1n) is 9.94. The molecule has 29 heavy (non-hydrogen) atoms. The first-order valence-corrected chi connectivity index (χ1v) is 11.4. The molecule has 4 nitrogen and oxygen atoms in total. The molecule has 0 bridgehead atoms. The highest BCUT2D eigenvalue weighted by Crippen LogP contribution is 2.21. The van der Waals surface area contributed by atoms with Crippen LogP contribution in [0.5, 0.6) is 0 Å². The first kappa shape index (κ1) is 31.4. The van der Waals surface area contributed by atoms with Gasteiger partial charge < -0.3 is 0 Å². The van der Waals surface area contributed by atoms with Crippen LogP contribution in [0, 0.1) is 0 Å². The average Bonchev–Trinajstić information content (AvgIpc) is 2.78. The van der Waals surface area contributed by atoms with Crippen LogP contribution in [0.25, 0.3) is 0 Å². The van der Waals surface area contributed by atoms with Crippen molar-refractivity contribution in [2.24, 2.45) is 0 Å². The van der Waals surface area contributed by atoms with Gasteiger partial charge in [0.05, 0.1) is 4.90 Å². The standard InChI is InChI=1S/C17H17NO3S.3C2H6.CH4/c1-2-17(22(20,21)15-8-4-3-5-9-15)16(19)11-10-14-7-6-12-18-13-14;3*1-2;/h2-9,12-13H,10-11H2,1H3;3*1-2H3;1H4/b17-2+;;;;. The number of sulfone groups is 1. The zero-order chi connectivity index (χ0) is 22.0. The largest absolute Gasteiger partial charge is 0.293 e. The van der Waals surface area contributed by atoms with E-state index in [1.165, 1.54) is 18.2 Å². The molecule has 0 aliphatic rings. The number of allylic oxidation sites excluding steroid dienone is 2. The summed E-state index contributed by atoms with van der Waals surface area (Å²) in [6.07, 6.45) is 5.30. The Labute approximate surface area is 179 Å². The molecule has 0 unspecified atom stereocenters. The number of aromatic nitrogens is 1. The van der Waals surface area contributed by atoms with Crippen LogP contribution < -0.4 is 0 Å². The second-order valence-electron chi connectivity index (χ2n) is 4.75. The fourth-order valence-electron chi connectivity index (χ4n) is 2.12. The lowest BCUT2D eigenvalue weighted by atomic mass is 10.1. The third-order valence-electron chi connectivity index (χ3n) is 3.24. The van der Waals surface area contributed by atoms with Crippen molar-refractivity contribution in [1.29, 1.82) is 0 Å². The predicted molar refractivity (Wildman–Crippen MR) is 126 cm³/mol. The summed E-state index contributed by atoms with van der Waals surface area (Å²) in [5.41, 5.74) is 0.906. The molecule has 0 saturated carbocycles. The molecule has 0 atom stereocenters. The van der Waals surface area contributed by atoms with E-state index in [0.29, 0.717) is 6.42 Å². The van der Waals surface area contributed by atoms with Crippen molar-refractivity contribution in [2.75, 3.05) is 0 Å². The normalized spacial score (nSPS) is 9.83. The van der Waals surface area contributed by atoms with Gasteiger partial charge in [0.15, 0.2) is 5.78 Å². The van der Waals surface area contributed by atoms with Crippen LogP contribution in [0.1, 0.15) is 67.9 Å². The number of benzene rings is 1. The van der Waals surface area contributed by atoms with E-state index in [2.05, 4.69) is 4.98 Å². The smallest absolute Gasteiger partial charge is 0.209 e. The Kier molecular flexibility index (Phi) is 20.7. The predicted octanol–water partition coefficient (Wildman–Crippen LogP) is 6.68. The molecule has 0 aliphatic carbocycles. The van der Waals surface area contributed by atoms with Gasteiger partial charge in [-0.2, -0.15) is 0 Å². The molecule has 2 aromatic rings. The van der Waals surface area contributed by atoms with Crippen molar-refractivity contribution in [3.63, 3.8) is 0 Å². The maximum absolute atomic E-state index is 12.5. The molecule has 0 amide bonds. The van der Waals surface area contributed by atoms with E-state index in [0.717, 1.165) is 5.56 Å². The molecule has 1 aromatic heterocycles. The molecular formula is C24H39NO3S. The molecule has 2 rings (SSSR count). The van der Waals surface area contributed by atoms with Gasteiger partial charge in [-0.3, -0.25) is 9.78 Å². The number of carbonyl (C=O) groups excluding carboxylic acids is 1. The molecule has 0 aliphatic heterocycles. The van der Waals surface area contributed by atoms with Gasteiger partial charge in [-0.15, -0.1) is 0 Å². The third kappa shape index (κ3) is 10.7. The van der Waals surface area contributed by atoms with Crippen molar-refractivity contribution < 1.29 is 13.2 Å². The van der Waals surface area contributed by atoms with Gasteiger partial charge in [-0.1, -0.05) is 79.3 Å². The highest BCUT2D eigenvalue weighted by Gasteiger charge is 2.25. The minimum atomic E-state index is -3.76. The highest BCUT2D eigenvalue weighted by atomic mass is 32.2. The average molecular weight is 422 g/mol. The molecule has 0 saturated heterocycles. The summed E-state index contributed by atoms with van der Waals surface area (Å²) in [5, 5.41) is 0. The molecule has 0 N–H and O–H groups in total. The van der Waals surface area contributed by atoms with Crippen molar-refractivity contribution in [3.8, 4) is 0 Å². The first-order chi connectivity index (χ1) is 13.6. The minimum Gasteiger partial charge on any atom is -0.293 e. The van der Waals surface area contributed by atoms with E-state index in [4.69, 9.17) is 0 Å². The van der Waals surface area contributed by atoms with Crippen LogP contribution >= 0.6 is 0 Å². The van der Waals surface area contributed by atoms with E-state index < -0.39 is 9.84 Å². The van der Waals surface area contributed by atoms with E-state index in [1.54, 1.807) is 43.6 Å². The number of rotatable bonds is 6. The summed E-state index contributed by atoms with van der Waals surface area (Å²) < 4.78 is 25.0. The molecule has 1 heterocycles. The molecule has 164 valence electrons. The van der Waals surface area contributed by atoms with E-state index in [-0.39, 0.29) is 29.4 Å². The SMILES string of the molecule is C.C/C=C(\C(=O)CCc1cccnc1)S(=O)(=O)c1ccccc1.CC.CC.CC. The molecule has 0 fully saturated rings. The molecule has 0 radical (unpaired) electrons. The molecule has 1 aromatic carbocycles. The number of carbonyl (C=O) groups is 1. The van der Waals surface area contributed by atoms with Crippen molar-refractivity contribution in [1.82, 2.24) is 4.98 Å². The Hall–Kier alpha value is -2.27. The number of pyridine rings is 1. The molecule has 5 heteroatoms. The monoisotopic (exact) mass is 421 g/mol. The Morgan fingerprint density at radius 1 is 0.931 bits per heavy atom. The van der Waals surface area contributed by atoms with Crippen LogP contribution in [0.4, 0.5) is 0 Å². The van der Waals surface area contributed by atoms with Crippen LogP contribution in [0.2, 0.25) is 0 Å². The highest BCUT2D eigenvalue weighted by molar-refractivity contribution is 7.96. The van der Waals surface area contributed by atoms with Crippen molar-refractivity contribution in [3.05, 3.63) is 71.4 Å². The Morgan fingerprint density at radius 2 is 1.48 bits per heavy atom. The van der Waals surface area contributed by atoms with Gasteiger partial charge >= 0.3 is 0 Å². The van der Waals surface area contributed by atoms with Gasteiger partial charge in [-0.25, -0.2) is 8.42 Å². The molecular weight excluding hydrogens is 382 g/mol. The van der Waals surface area contributed by atoms with Crippen LogP contribution in [-0.4, -0.2) is 19.2 Å². The van der Waals surface area contributed by atoms with Crippen molar-refractivity contribution in [2.45, 2.75) is 73.6 Å². The zero-order valence-corrected chi connectivity index (χ0v) is 19.1. The third-order valence-corrected chi connectivity index (χ3v) is 5.18. The fourth-order valence-corrected chi connectivity index (χ4v) is 3.60. The summed E-state index contributed by atoms with van der Waals surface area (Å²) in [6.45, 7) is 13.6. The quantitative estimate of drug-likeness (QED) is 0.488. The Bertz CT molecular complexity index is 768. The summed E-state index contributed by atoms with van der Waals surface area (Å²) in [7, 11) is -3.76. The number of Topliss-reactive ketones (excluding diaryl/α,β-unsaturated/α-hetero) is 1. The van der Waals surface area contributed by atoms with Gasteiger partial charge in [0, 0.05) is 18.8 Å². The zero-order valence-electron chi connectivity index (χ0n) is 18.3. The number of aryl methyl sites for hydroxylation is 1. The molecule has 0 spiro atoms. The minimum absolute atomic E-state index is 0. The summed E-state index contributed by atoms with van der Waals surface area (Å²) in [4.78, 5) is 16.3. The second kappa shape index (κ2) is 19.1. The maximum atomic E-state index is 12.5. The Balaban J connectivity index is -0.000000883. The topological polar surface area (TPSA) is 64.1 Å². The second-order valence-corrected chi connectivity index (χ2v) is 6.67. The fraction of sp³-hybridized carbons (Fsp3) is 0.417. The van der Waals surface area contributed by atoms with E-state index in [9.17, 15) is 13.2 Å². The maximum Gasteiger partial charge on any atom is 0.209 e. The van der Waals surface area contributed by atoms with Crippen LogP contribution in [-0.2, 0) is 21.1 Å². The van der Waals surface area contributed by atoms with Crippen molar-refractivity contribution >= 4 is 15.6 Å². The lowest BCUT2D eigenvalue weighted by Crippen LogP contribution is -2.14. The number of nitrogens with zero attached hydrogens (tertiary/aromatic N) is 1. The lowest BCUT2D eigenvalue weighted by Gasteiger charge is -2.08.